The van der Waals surface area contributed by atoms with Gasteiger partial charge in [-0.2, -0.15) is 0 Å². The molecular formula is C30H47N3O4S. The van der Waals surface area contributed by atoms with E-state index >= 15 is 0 Å². The van der Waals surface area contributed by atoms with Crippen LogP contribution < -0.4 is 0 Å². The summed E-state index contributed by atoms with van der Waals surface area (Å²) in [6.07, 6.45) is 11.8. The van der Waals surface area contributed by atoms with Crippen molar-refractivity contribution < 1.29 is 19.5 Å². The van der Waals surface area contributed by atoms with Gasteiger partial charge in [-0.15, -0.1) is 24.9 Å². The summed E-state index contributed by atoms with van der Waals surface area (Å²) < 4.78 is -1.06. The summed E-state index contributed by atoms with van der Waals surface area (Å²) >= 11 is 1.72. The second-order valence-corrected chi connectivity index (χ2v) is 13.8. The number of carbonyl (C=O) groups is 3. The number of hydrogen-bond donors (Lipinski definition) is 1. The number of carbonyl (C=O) groups excluding carboxylic acids is 3. The molecule has 2 unspecified atom stereocenters. The van der Waals surface area contributed by atoms with Gasteiger partial charge in [0.15, 0.2) is 0 Å². The largest absolute Gasteiger partial charge is 0.394 e. The second-order valence-electron chi connectivity index (χ2n) is 11.9. The predicted octanol–water partition coefficient (Wildman–Crippen LogP) is 4.01. The molecule has 1 saturated carbocycles. The Morgan fingerprint density at radius 2 is 1.82 bits per heavy atom. The number of aliphatic hydroxyl groups excluding tert-OH is 1. The molecule has 38 heavy (non-hydrogen) atoms. The Morgan fingerprint density at radius 3 is 2.39 bits per heavy atom. The van der Waals surface area contributed by atoms with Crippen LogP contribution in [0.5, 0.6) is 0 Å². The van der Waals surface area contributed by atoms with Gasteiger partial charge in [-0.1, -0.05) is 45.3 Å². The van der Waals surface area contributed by atoms with Crippen LogP contribution in [0, 0.1) is 11.8 Å². The van der Waals surface area contributed by atoms with Gasteiger partial charge in [0.2, 0.25) is 17.7 Å². The predicted molar refractivity (Wildman–Crippen MR) is 153 cm³/mol. The molecule has 1 aliphatic carbocycles. The third-order valence-corrected chi connectivity index (χ3v) is 11.6. The summed E-state index contributed by atoms with van der Waals surface area (Å²) in [5.74, 6) is -1.20. The van der Waals surface area contributed by atoms with E-state index in [-0.39, 0.29) is 30.4 Å². The van der Waals surface area contributed by atoms with Crippen LogP contribution in [0.25, 0.3) is 0 Å². The number of nitrogens with zero attached hydrogens (tertiary/aromatic N) is 3. The van der Waals surface area contributed by atoms with Gasteiger partial charge in [0, 0.05) is 30.4 Å². The molecule has 3 amide bonds. The number of likely N-dealkylation sites (tertiary alicyclic amines) is 1. The molecule has 1 spiro atoms. The Bertz CT molecular complexity index is 932. The number of thioether (sulfide) groups is 1. The Hall–Kier alpha value is -1.80. The summed E-state index contributed by atoms with van der Waals surface area (Å²) in [6, 6.07) is -0.987. The summed E-state index contributed by atoms with van der Waals surface area (Å²) in [5, 5.41) is 10.4. The molecule has 0 aromatic heterocycles. The summed E-state index contributed by atoms with van der Waals surface area (Å²) in [7, 11) is 0. The first-order valence-electron chi connectivity index (χ1n) is 14.7. The van der Waals surface area contributed by atoms with E-state index in [1.165, 1.54) is 6.42 Å². The van der Waals surface area contributed by atoms with E-state index in [9.17, 15) is 19.5 Å². The standard InChI is InChI=1S/C30H47N3O4S/c1-6-17-31(18-7-2)26(35)23-24-27(36)33(21(9-4)20-34)25(30(24)16-15-29(23,5)38-30)28(37)32(19-8-3)22-13-11-10-12-14-22/h6,8,21-25,34H,1,3,7,9-20H2,2,4-5H3/t21-,23-,24-,25?,29+,30?/m0/s1. The van der Waals surface area contributed by atoms with Crippen LogP contribution in [0.1, 0.15) is 78.6 Å². The maximum atomic E-state index is 14.7. The lowest BCUT2D eigenvalue weighted by Gasteiger charge is -2.42. The van der Waals surface area contributed by atoms with Crippen LogP contribution in [0.4, 0.5) is 0 Å². The molecule has 2 bridgehead atoms. The normalized spacial score (nSPS) is 33.2. The summed E-state index contributed by atoms with van der Waals surface area (Å²) in [5.41, 5.74) is 0. The molecule has 7 nitrogen and oxygen atoms in total. The molecule has 3 aliphatic heterocycles. The molecule has 4 rings (SSSR count). The molecule has 4 aliphatic rings. The van der Waals surface area contributed by atoms with Crippen molar-refractivity contribution >= 4 is 29.5 Å². The van der Waals surface area contributed by atoms with E-state index in [1.807, 2.05) is 23.6 Å². The average Bonchev–Trinajstić information content (AvgIpc) is 3.48. The van der Waals surface area contributed by atoms with Crippen molar-refractivity contribution in [3.8, 4) is 0 Å². The highest BCUT2D eigenvalue weighted by molar-refractivity contribution is 8.02. The van der Waals surface area contributed by atoms with Gasteiger partial charge in [-0.25, -0.2) is 0 Å². The lowest BCUT2D eigenvalue weighted by atomic mass is 9.66. The quantitative estimate of drug-likeness (QED) is 0.375. The van der Waals surface area contributed by atoms with Gasteiger partial charge < -0.3 is 19.8 Å². The molecule has 3 saturated heterocycles. The van der Waals surface area contributed by atoms with E-state index in [1.54, 1.807) is 28.8 Å². The smallest absolute Gasteiger partial charge is 0.247 e. The Labute approximate surface area is 233 Å². The molecule has 212 valence electrons. The lowest BCUT2D eigenvalue weighted by molar-refractivity contribution is -0.148. The van der Waals surface area contributed by atoms with Crippen LogP contribution >= 0.6 is 11.8 Å². The first-order valence-corrected chi connectivity index (χ1v) is 15.5. The van der Waals surface area contributed by atoms with Crippen LogP contribution in [0.3, 0.4) is 0 Å². The third kappa shape index (κ3) is 4.63. The molecule has 0 aromatic rings. The minimum absolute atomic E-state index is 0.00185. The number of amides is 3. The molecule has 3 heterocycles. The first-order chi connectivity index (χ1) is 18.2. The monoisotopic (exact) mass is 545 g/mol. The Balaban J connectivity index is 1.79. The summed E-state index contributed by atoms with van der Waals surface area (Å²) in [6.45, 7) is 15.2. The topological polar surface area (TPSA) is 81.2 Å². The fraction of sp³-hybridized carbons (Fsp3) is 0.767. The van der Waals surface area contributed by atoms with Crippen molar-refractivity contribution in [2.75, 3.05) is 26.2 Å². The van der Waals surface area contributed by atoms with E-state index in [0.717, 1.165) is 44.9 Å². The Kier molecular flexibility index (Phi) is 9.02. The maximum Gasteiger partial charge on any atom is 0.247 e. The van der Waals surface area contributed by atoms with E-state index in [2.05, 4.69) is 20.1 Å². The minimum atomic E-state index is -0.678. The maximum absolute atomic E-state index is 14.7. The molecule has 1 N–H and O–H groups in total. The van der Waals surface area contributed by atoms with Crippen molar-refractivity contribution in [2.24, 2.45) is 11.8 Å². The van der Waals surface area contributed by atoms with Gasteiger partial charge in [-0.3, -0.25) is 14.4 Å². The fourth-order valence-electron chi connectivity index (χ4n) is 7.85. The highest BCUT2D eigenvalue weighted by Gasteiger charge is 2.78. The Morgan fingerprint density at radius 1 is 1.13 bits per heavy atom. The minimum Gasteiger partial charge on any atom is -0.394 e. The van der Waals surface area contributed by atoms with Crippen LogP contribution in [-0.4, -0.2) is 91.4 Å². The van der Waals surface area contributed by atoms with Crippen LogP contribution in [0.2, 0.25) is 0 Å². The van der Waals surface area contributed by atoms with Crippen molar-refractivity contribution in [3.63, 3.8) is 0 Å². The van der Waals surface area contributed by atoms with Crippen LogP contribution in [0.15, 0.2) is 25.3 Å². The van der Waals surface area contributed by atoms with Gasteiger partial charge in [0.1, 0.15) is 6.04 Å². The van der Waals surface area contributed by atoms with Crippen molar-refractivity contribution in [1.82, 2.24) is 14.7 Å². The number of hydrogen-bond acceptors (Lipinski definition) is 5. The van der Waals surface area contributed by atoms with Crippen molar-refractivity contribution in [1.29, 1.82) is 0 Å². The number of fused-ring (bicyclic) bond motifs is 1. The highest BCUT2D eigenvalue weighted by atomic mass is 32.2. The zero-order valence-electron chi connectivity index (χ0n) is 23.6. The van der Waals surface area contributed by atoms with Gasteiger partial charge in [-0.05, 0) is 45.4 Å². The fourth-order valence-corrected chi connectivity index (χ4v) is 10.2. The van der Waals surface area contributed by atoms with E-state index in [0.29, 0.717) is 26.1 Å². The van der Waals surface area contributed by atoms with Gasteiger partial charge >= 0.3 is 0 Å². The number of aliphatic hydroxyl groups is 1. The van der Waals surface area contributed by atoms with E-state index in [4.69, 9.17) is 0 Å². The van der Waals surface area contributed by atoms with Crippen LogP contribution in [-0.2, 0) is 14.4 Å². The van der Waals surface area contributed by atoms with E-state index < -0.39 is 33.4 Å². The molecule has 0 aromatic carbocycles. The average molecular weight is 546 g/mol. The second kappa shape index (κ2) is 11.7. The SMILES string of the molecule is C=CCN(CCC)C(=O)[C@@H]1[C@H]2C(=O)N([C@@H](CC)CO)C(C(=O)N(CC=C)C3CCCCC3)C23CC[C@@]1(C)S3. The zero-order chi connectivity index (χ0) is 27.7. The first kappa shape index (κ1) is 29.2. The molecule has 6 atom stereocenters. The van der Waals surface area contributed by atoms with Gasteiger partial charge in [0.25, 0.3) is 0 Å². The highest BCUT2D eigenvalue weighted by Crippen LogP contribution is 2.72. The zero-order valence-corrected chi connectivity index (χ0v) is 24.4. The number of rotatable bonds is 12. The summed E-state index contributed by atoms with van der Waals surface area (Å²) in [4.78, 5) is 48.7. The molecule has 4 fully saturated rings. The van der Waals surface area contributed by atoms with Crippen molar-refractivity contribution in [3.05, 3.63) is 25.3 Å². The molecular weight excluding hydrogens is 498 g/mol. The third-order valence-electron chi connectivity index (χ3n) is 9.57. The molecule has 8 heteroatoms. The van der Waals surface area contributed by atoms with Gasteiger partial charge in [0.05, 0.1) is 29.2 Å². The lowest BCUT2D eigenvalue weighted by Crippen LogP contribution is -2.59. The molecule has 0 radical (unpaired) electrons. The van der Waals surface area contributed by atoms with Crippen molar-refractivity contribution in [2.45, 2.75) is 106 Å².